The van der Waals surface area contributed by atoms with Crippen LogP contribution in [0.2, 0.25) is 0 Å². The molecule has 0 aliphatic carbocycles. The molecule has 1 N–H and O–H groups in total. The first kappa shape index (κ1) is 12.7. The third kappa shape index (κ3) is 2.25. The van der Waals surface area contributed by atoms with E-state index in [0.29, 0.717) is 19.0 Å². The average Bonchev–Trinajstić information content (AvgIpc) is 2.39. The number of nitrogens with zero attached hydrogens (tertiary/aromatic N) is 3. The number of carboxylic acids is 1. The van der Waals surface area contributed by atoms with Gasteiger partial charge < -0.3 is 10.0 Å². The fourth-order valence-corrected chi connectivity index (χ4v) is 2.01. The highest BCUT2D eigenvalue weighted by Gasteiger charge is 2.42. The number of hydrogen-bond acceptors (Lipinski definition) is 4. The molecule has 98 valence electrons. The van der Waals surface area contributed by atoms with E-state index in [0.717, 1.165) is 12.4 Å². The molecule has 0 radical (unpaired) electrons. The fraction of sp³-hybridized carbons (Fsp3) is 0.545. The van der Waals surface area contributed by atoms with Crippen molar-refractivity contribution in [2.75, 3.05) is 24.7 Å². The van der Waals surface area contributed by atoms with Crippen molar-refractivity contribution in [3.63, 3.8) is 0 Å². The lowest BCUT2D eigenvalue weighted by molar-refractivity contribution is -0.151. The molecule has 1 aliphatic heterocycles. The molecule has 0 atom stereocenters. The Bertz CT molecular complexity index is 430. The van der Waals surface area contributed by atoms with Gasteiger partial charge in [0.15, 0.2) is 5.82 Å². The molecule has 5 nitrogen and oxygen atoms in total. The molecular formula is C11H13F2N3O2. The summed E-state index contributed by atoms with van der Waals surface area (Å²) in [7, 11) is 0. The van der Waals surface area contributed by atoms with Gasteiger partial charge in [0.05, 0.1) is 17.8 Å². The maximum Gasteiger partial charge on any atom is 0.312 e. The maximum absolute atomic E-state index is 12.9. The van der Waals surface area contributed by atoms with Crippen molar-refractivity contribution in [1.82, 2.24) is 9.97 Å². The quantitative estimate of drug-likeness (QED) is 0.883. The molecule has 0 bridgehead atoms. The van der Waals surface area contributed by atoms with Crippen molar-refractivity contribution in [2.45, 2.75) is 12.8 Å². The number of carboxylic acid groups (broad SMARTS) is 1. The summed E-state index contributed by atoms with van der Waals surface area (Å²) in [5, 5.41) is 9.04. The molecule has 2 rings (SSSR count). The lowest BCUT2D eigenvalue weighted by Gasteiger charge is -2.36. The minimum absolute atomic E-state index is 0.194. The number of rotatable bonds is 3. The van der Waals surface area contributed by atoms with Crippen molar-refractivity contribution in [3.05, 3.63) is 18.2 Å². The van der Waals surface area contributed by atoms with Gasteiger partial charge in [-0.1, -0.05) is 0 Å². The molecule has 0 aromatic carbocycles. The maximum atomic E-state index is 12.9. The van der Waals surface area contributed by atoms with E-state index in [1.807, 2.05) is 0 Å². The molecule has 2 heterocycles. The van der Waals surface area contributed by atoms with E-state index in [1.54, 1.807) is 4.90 Å². The SMILES string of the molecule is O=C(O)C1(CF)CCN(c2ncc(F)cn2)CC1. The Balaban J connectivity index is 2.06. The normalized spacial score (nSPS) is 18.7. The van der Waals surface area contributed by atoms with Crippen LogP contribution in [0.4, 0.5) is 14.7 Å². The van der Waals surface area contributed by atoms with Gasteiger partial charge in [0.2, 0.25) is 5.95 Å². The van der Waals surface area contributed by atoms with Gasteiger partial charge in [-0.15, -0.1) is 0 Å². The third-order valence-electron chi connectivity index (χ3n) is 3.32. The second kappa shape index (κ2) is 4.83. The Hall–Kier alpha value is -1.79. The Morgan fingerprint density at radius 2 is 1.94 bits per heavy atom. The van der Waals surface area contributed by atoms with E-state index in [1.165, 1.54) is 0 Å². The summed E-state index contributed by atoms with van der Waals surface area (Å²) in [6, 6.07) is 0. The van der Waals surface area contributed by atoms with Gasteiger partial charge in [0, 0.05) is 13.1 Å². The first-order valence-electron chi connectivity index (χ1n) is 5.59. The van der Waals surface area contributed by atoms with Gasteiger partial charge in [-0.05, 0) is 12.8 Å². The van der Waals surface area contributed by atoms with E-state index in [-0.39, 0.29) is 12.8 Å². The standard InChI is InChI=1S/C11H13F2N3O2/c12-7-11(9(17)18)1-3-16(4-2-11)10-14-5-8(13)6-15-10/h5-6H,1-4,7H2,(H,17,18). The van der Waals surface area contributed by atoms with E-state index >= 15 is 0 Å². The van der Waals surface area contributed by atoms with Crippen LogP contribution in [-0.2, 0) is 4.79 Å². The summed E-state index contributed by atoms with van der Waals surface area (Å²) in [4.78, 5) is 20.4. The summed E-state index contributed by atoms with van der Waals surface area (Å²) < 4.78 is 25.6. The first-order chi connectivity index (χ1) is 8.57. The number of anilines is 1. The number of aromatic nitrogens is 2. The predicted molar refractivity (Wildman–Crippen MR) is 59.5 cm³/mol. The molecule has 0 unspecified atom stereocenters. The Labute approximate surface area is 102 Å². The fourth-order valence-electron chi connectivity index (χ4n) is 2.01. The van der Waals surface area contributed by atoms with Crippen LogP contribution in [-0.4, -0.2) is 40.8 Å². The largest absolute Gasteiger partial charge is 0.481 e. The van der Waals surface area contributed by atoms with Crippen LogP contribution in [0.5, 0.6) is 0 Å². The summed E-state index contributed by atoms with van der Waals surface area (Å²) in [6.45, 7) is -0.176. The first-order valence-corrected chi connectivity index (χ1v) is 5.59. The second-order valence-corrected chi connectivity index (χ2v) is 4.41. The highest BCUT2D eigenvalue weighted by Crippen LogP contribution is 2.33. The topological polar surface area (TPSA) is 66.3 Å². The van der Waals surface area contributed by atoms with E-state index < -0.39 is 23.9 Å². The van der Waals surface area contributed by atoms with Crippen molar-refractivity contribution in [1.29, 1.82) is 0 Å². The highest BCUT2D eigenvalue weighted by molar-refractivity contribution is 5.75. The molecule has 1 aromatic rings. The van der Waals surface area contributed by atoms with Gasteiger partial charge >= 0.3 is 5.97 Å². The van der Waals surface area contributed by atoms with Crippen LogP contribution < -0.4 is 4.90 Å². The van der Waals surface area contributed by atoms with Crippen LogP contribution in [0, 0.1) is 11.2 Å². The number of hydrogen-bond donors (Lipinski definition) is 1. The molecule has 1 saturated heterocycles. The molecule has 7 heteroatoms. The van der Waals surface area contributed by atoms with Crippen molar-refractivity contribution in [3.8, 4) is 0 Å². The molecule has 1 fully saturated rings. The number of alkyl halides is 1. The monoisotopic (exact) mass is 257 g/mol. The number of aliphatic carboxylic acids is 1. The predicted octanol–water partition coefficient (Wildman–Crippen LogP) is 1.26. The average molecular weight is 257 g/mol. The van der Waals surface area contributed by atoms with Gasteiger partial charge in [-0.2, -0.15) is 0 Å². The van der Waals surface area contributed by atoms with Crippen molar-refractivity contribution < 1.29 is 18.7 Å². The summed E-state index contributed by atoms with van der Waals surface area (Å²) in [5.74, 6) is -1.29. The third-order valence-corrected chi connectivity index (χ3v) is 3.32. The zero-order valence-corrected chi connectivity index (χ0v) is 9.64. The number of carbonyl (C=O) groups is 1. The number of halogens is 2. The summed E-state index contributed by atoms with van der Waals surface area (Å²) >= 11 is 0. The molecular weight excluding hydrogens is 244 g/mol. The molecule has 0 saturated carbocycles. The summed E-state index contributed by atoms with van der Waals surface area (Å²) in [6.07, 6.45) is 2.49. The molecule has 0 amide bonds. The van der Waals surface area contributed by atoms with Gasteiger partial charge in [0.1, 0.15) is 6.67 Å². The van der Waals surface area contributed by atoms with Crippen LogP contribution in [0.1, 0.15) is 12.8 Å². The molecule has 1 aromatic heterocycles. The van der Waals surface area contributed by atoms with E-state index in [4.69, 9.17) is 5.11 Å². The van der Waals surface area contributed by atoms with Gasteiger partial charge in [-0.25, -0.2) is 18.7 Å². The lowest BCUT2D eigenvalue weighted by atomic mass is 9.80. The van der Waals surface area contributed by atoms with Gasteiger partial charge in [0.25, 0.3) is 0 Å². The second-order valence-electron chi connectivity index (χ2n) is 4.41. The smallest absolute Gasteiger partial charge is 0.312 e. The zero-order valence-electron chi connectivity index (χ0n) is 9.64. The minimum Gasteiger partial charge on any atom is -0.481 e. The van der Waals surface area contributed by atoms with Crippen molar-refractivity contribution in [2.24, 2.45) is 5.41 Å². The Kier molecular flexibility index (Phi) is 3.40. The molecule has 18 heavy (non-hydrogen) atoms. The van der Waals surface area contributed by atoms with Gasteiger partial charge in [-0.3, -0.25) is 4.79 Å². The van der Waals surface area contributed by atoms with Crippen molar-refractivity contribution >= 4 is 11.9 Å². The van der Waals surface area contributed by atoms with Crippen LogP contribution in [0.25, 0.3) is 0 Å². The van der Waals surface area contributed by atoms with Crippen LogP contribution >= 0.6 is 0 Å². The highest BCUT2D eigenvalue weighted by atomic mass is 19.1. The van der Waals surface area contributed by atoms with Crippen LogP contribution in [0.3, 0.4) is 0 Å². The minimum atomic E-state index is -1.30. The summed E-state index contributed by atoms with van der Waals surface area (Å²) in [5.41, 5.74) is -1.30. The Morgan fingerprint density at radius 3 is 2.39 bits per heavy atom. The lowest BCUT2D eigenvalue weighted by Crippen LogP contribution is -2.46. The van der Waals surface area contributed by atoms with Crippen LogP contribution in [0.15, 0.2) is 12.4 Å². The molecule has 0 spiro atoms. The number of piperidine rings is 1. The zero-order chi connectivity index (χ0) is 13.2. The van der Waals surface area contributed by atoms with E-state index in [9.17, 15) is 13.6 Å². The molecule has 1 aliphatic rings. The van der Waals surface area contributed by atoms with E-state index in [2.05, 4.69) is 9.97 Å². The Morgan fingerprint density at radius 1 is 1.39 bits per heavy atom.